The molecule has 6 nitrogen and oxygen atoms in total. The first-order valence-electron chi connectivity index (χ1n) is 5.33. The second-order valence-electron chi connectivity index (χ2n) is 5.09. The van der Waals surface area contributed by atoms with Gasteiger partial charge in [0.15, 0.2) is 0 Å². The molecule has 2 rings (SSSR count). The Hall–Kier alpha value is -0.690. The van der Waals surface area contributed by atoms with Gasteiger partial charge in [0, 0.05) is 0 Å². The number of nitrogens with zero attached hydrogens (tertiary/aromatic N) is 1. The third-order valence-corrected chi connectivity index (χ3v) is 2.39. The quantitative estimate of drug-likeness (QED) is 0.647. The lowest BCUT2D eigenvalue weighted by molar-refractivity contribution is -0.193. The van der Waals surface area contributed by atoms with Gasteiger partial charge >= 0.3 is 5.97 Å². The Bertz CT molecular complexity index is 273. The summed E-state index contributed by atoms with van der Waals surface area (Å²) in [4.78, 5) is 11.6. The Labute approximate surface area is 94.0 Å². The summed E-state index contributed by atoms with van der Waals surface area (Å²) in [5.41, 5.74) is -0.551. The van der Waals surface area contributed by atoms with E-state index in [0.717, 1.165) is 5.06 Å². The van der Waals surface area contributed by atoms with E-state index in [0.29, 0.717) is 13.1 Å². The largest absolute Gasteiger partial charge is 0.456 e. The maximum absolute atomic E-state index is 11.6. The monoisotopic (exact) mass is 231 g/mol. The third kappa shape index (κ3) is 2.52. The molecule has 2 unspecified atom stereocenters. The molecule has 0 aromatic heterocycles. The molecule has 1 N–H and O–H groups in total. The van der Waals surface area contributed by atoms with Crippen LogP contribution in [0.15, 0.2) is 0 Å². The second-order valence-corrected chi connectivity index (χ2v) is 5.09. The van der Waals surface area contributed by atoms with Crippen molar-refractivity contribution in [1.29, 1.82) is 0 Å². The molecule has 0 spiro atoms. The summed E-state index contributed by atoms with van der Waals surface area (Å²) in [5.74, 6) is -0.508. The topological polar surface area (TPSA) is 68.2 Å². The van der Waals surface area contributed by atoms with Gasteiger partial charge in [0.25, 0.3) is 6.29 Å². The average Bonchev–Trinajstić information content (AvgIpc) is 2.56. The molecule has 0 bridgehead atoms. The number of ether oxygens (including phenoxy) is 3. The molecular formula is C10H17NO5. The number of hydrogen-bond acceptors (Lipinski definition) is 6. The van der Waals surface area contributed by atoms with Crippen LogP contribution in [0.2, 0.25) is 0 Å². The minimum Gasteiger partial charge on any atom is -0.456 e. The molecule has 16 heavy (non-hydrogen) atoms. The first kappa shape index (κ1) is 11.8. The van der Waals surface area contributed by atoms with E-state index in [1.807, 2.05) is 0 Å². The van der Waals surface area contributed by atoms with Crippen molar-refractivity contribution >= 4 is 5.97 Å². The smallest absolute Gasteiger partial charge is 0.364 e. The number of carbonyl (C=O) groups is 1. The maximum atomic E-state index is 11.6. The van der Waals surface area contributed by atoms with Crippen LogP contribution in [-0.4, -0.2) is 53.4 Å². The van der Waals surface area contributed by atoms with Crippen LogP contribution in [0.1, 0.15) is 20.8 Å². The number of fused-ring (bicyclic) bond motifs is 1. The molecule has 2 fully saturated rings. The van der Waals surface area contributed by atoms with Crippen LogP contribution < -0.4 is 0 Å². The van der Waals surface area contributed by atoms with E-state index in [4.69, 9.17) is 14.2 Å². The highest BCUT2D eigenvalue weighted by Crippen LogP contribution is 2.26. The number of esters is 1. The fraction of sp³-hybridized carbons (Fsp3) is 0.900. The van der Waals surface area contributed by atoms with Crippen LogP contribution in [0.4, 0.5) is 0 Å². The van der Waals surface area contributed by atoms with Gasteiger partial charge in [-0.3, -0.25) is 0 Å². The molecule has 0 saturated carbocycles. The third-order valence-electron chi connectivity index (χ3n) is 2.39. The van der Waals surface area contributed by atoms with Gasteiger partial charge in [0.1, 0.15) is 17.8 Å². The summed E-state index contributed by atoms with van der Waals surface area (Å²) >= 11 is 0. The van der Waals surface area contributed by atoms with Crippen LogP contribution in [0.5, 0.6) is 0 Å². The Morgan fingerprint density at radius 2 is 1.81 bits per heavy atom. The summed E-state index contributed by atoms with van der Waals surface area (Å²) in [6.45, 7) is 6.09. The maximum Gasteiger partial charge on any atom is 0.364 e. The zero-order valence-electron chi connectivity index (χ0n) is 9.67. The summed E-state index contributed by atoms with van der Waals surface area (Å²) in [6, 6.07) is 0. The van der Waals surface area contributed by atoms with Gasteiger partial charge in [-0.25, -0.2) is 4.79 Å². The van der Waals surface area contributed by atoms with Crippen LogP contribution >= 0.6 is 0 Å². The first-order valence-corrected chi connectivity index (χ1v) is 5.33. The van der Waals surface area contributed by atoms with Crippen LogP contribution in [0.25, 0.3) is 0 Å². The molecule has 2 aliphatic rings. The Morgan fingerprint density at radius 1 is 1.31 bits per heavy atom. The van der Waals surface area contributed by atoms with Crippen molar-refractivity contribution in [2.24, 2.45) is 0 Å². The van der Waals surface area contributed by atoms with Gasteiger partial charge < -0.3 is 19.4 Å². The van der Waals surface area contributed by atoms with Crippen molar-refractivity contribution in [2.45, 2.75) is 44.9 Å². The van der Waals surface area contributed by atoms with Gasteiger partial charge in [-0.2, -0.15) is 5.06 Å². The lowest BCUT2D eigenvalue weighted by atomic mass is 10.2. The summed E-state index contributed by atoms with van der Waals surface area (Å²) in [7, 11) is 0. The van der Waals surface area contributed by atoms with Crippen molar-refractivity contribution in [1.82, 2.24) is 5.06 Å². The fourth-order valence-electron chi connectivity index (χ4n) is 1.80. The first-order chi connectivity index (χ1) is 7.35. The molecule has 2 heterocycles. The van der Waals surface area contributed by atoms with Gasteiger partial charge in [-0.1, -0.05) is 0 Å². The van der Waals surface area contributed by atoms with Crippen molar-refractivity contribution in [3.8, 4) is 0 Å². The Kier molecular flexibility index (Phi) is 2.91. The van der Waals surface area contributed by atoms with Crippen molar-refractivity contribution in [2.75, 3.05) is 13.1 Å². The lowest BCUT2D eigenvalue weighted by Crippen LogP contribution is -2.34. The molecular weight excluding hydrogens is 214 g/mol. The van der Waals surface area contributed by atoms with Crippen LogP contribution in [0, 0.1) is 0 Å². The van der Waals surface area contributed by atoms with Crippen LogP contribution in [-0.2, 0) is 19.0 Å². The van der Waals surface area contributed by atoms with Crippen molar-refractivity contribution < 1.29 is 24.2 Å². The van der Waals surface area contributed by atoms with Gasteiger partial charge in [0.05, 0.1) is 13.1 Å². The highest BCUT2D eigenvalue weighted by atomic mass is 16.8. The molecule has 0 aliphatic carbocycles. The van der Waals surface area contributed by atoms with E-state index in [9.17, 15) is 10.0 Å². The predicted molar refractivity (Wildman–Crippen MR) is 52.7 cm³/mol. The van der Waals surface area contributed by atoms with E-state index >= 15 is 0 Å². The zero-order chi connectivity index (χ0) is 11.9. The number of rotatable bonds is 1. The minimum atomic E-state index is -0.956. The molecule has 0 amide bonds. The summed E-state index contributed by atoms with van der Waals surface area (Å²) < 4.78 is 15.9. The van der Waals surface area contributed by atoms with E-state index in [1.54, 1.807) is 20.8 Å². The van der Waals surface area contributed by atoms with E-state index < -0.39 is 17.9 Å². The van der Waals surface area contributed by atoms with Crippen LogP contribution in [0.3, 0.4) is 0 Å². The lowest BCUT2D eigenvalue weighted by Gasteiger charge is -2.22. The SMILES string of the molecule is CC(C)(C)OC(=O)C1OC2CN(O)CC2O1. The second kappa shape index (κ2) is 3.96. The molecule has 2 saturated heterocycles. The summed E-state index contributed by atoms with van der Waals surface area (Å²) in [6.07, 6.45) is -1.45. The van der Waals surface area contributed by atoms with Gasteiger partial charge in [0.2, 0.25) is 0 Å². The summed E-state index contributed by atoms with van der Waals surface area (Å²) in [5, 5.41) is 10.3. The predicted octanol–water partition coefficient (Wildman–Crippen LogP) is 0.143. The Balaban J connectivity index is 1.88. The standard InChI is InChI=1S/C10H17NO5/c1-10(2,3)16-8(12)9-14-6-4-11(13)5-7(6)15-9/h6-7,9,13H,4-5H2,1-3H3. The highest BCUT2D eigenvalue weighted by molar-refractivity contribution is 5.74. The molecule has 0 radical (unpaired) electrons. The van der Waals surface area contributed by atoms with E-state index in [2.05, 4.69) is 0 Å². The minimum absolute atomic E-state index is 0.248. The average molecular weight is 231 g/mol. The van der Waals surface area contributed by atoms with E-state index in [1.165, 1.54) is 0 Å². The number of hydrogen-bond donors (Lipinski definition) is 1. The molecule has 92 valence electrons. The molecule has 2 aliphatic heterocycles. The number of carbonyl (C=O) groups excluding carboxylic acids is 1. The zero-order valence-corrected chi connectivity index (χ0v) is 9.67. The molecule has 2 atom stereocenters. The Morgan fingerprint density at radius 3 is 2.25 bits per heavy atom. The molecule has 6 heteroatoms. The van der Waals surface area contributed by atoms with Gasteiger partial charge in [-0.15, -0.1) is 0 Å². The highest BCUT2D eigenvalue weighted by Gasteiger charge is 2.46. The van der Waals surface area contributed by atoms with Crippen molar-refractivity contribution in [3.63, 3.8) is 0 Å². The molecule has 0 aromatic rings. The molecule has 0 aromatic carbocycles. The van der Waals surface area contributed by atoms with Crippen molar-refractivity contribution in [3.05, 3.63) is 0 Å². The number of hydroxylamine groups is 2. The van der Waals surface area contributed by atoms with Gasteiger partial charge in [-0.05, 0) is 20.8 Å². The normalized spacial score (nSPS) is 35.1. The van der Waals surface area contributed by atoms with E-state index in [-0.39, 0.29) is 12.2 Å². The fourth-order valence-corrected chi connectivity index (χ4v) is 1.80.